The number of nitrogens with zero attached hydrogens (tertiary/aromatic N) is 3. The van der Waals surface area contributed by atoms with Gasteiger partial charge in [0, 0.05) is 35.9 Å². The molecule has 0 bridgehead atoms. The molecule has 4 aromatic rings. The lowest BCUT2D eigenvalue weighted by Gasteiger charge is -2.16. The number of aliphatic hydroxyl groups excluding tert-OH is 1. The first-order chi connectivity index (χ1) is 19.9. The van der Waals surface area contributed by atoms with E-state index in [1.807, 2.05) is 0 Å². The van der Waals surface area contributed by atoms with Crippen LogP contribution in [0.4, 0.5) is 26.1 Å². The van der Waals surface area contributed by atoms with Gasteiger partial charge in [0.1, 0.15) is 12.1 Å². The Morgan fingerprint density at radius 2 is 2.02 bits per heavy atom. The van der Waals surface area contributed by atoms with Crippen molar-refractivity contribution in [3.63, 3.8) is 0 Å². The summed E-state index contributed by atoms with van der Waals surface area (Å²) in [7, 11) is 1.55. The summed E-state index contributed by atoms with van der Waals surface area (Å²) in [5, 5.41) is 25.6. The molecule has 13 heteroatoms. The van der Waals surface area contributed by atoms with Crippen LogP contribution in [-0.2, 0) is 11.2 Å². The Kier molecular flexibility index (Phi) is 10.3. The molecule has 1 unspecified atom stereocenters. The van der Waals surface area contributed by atoms with Crippen molar-refractivity contribution in [3.05, 3.63) is 60.1 Å². The predicted octanol–water partition coefficient (Wildman–Crippen LogP) is 4.08. The average molecular weight is 570 g/mol. The van der Waals surface area contributed by atoms with Crippen LogP contribution in [0.1, 0.15) is 31.9 Å². The van der Waals surface area contributed by atoms with Crippen LogP contribution >= 0.6 is 0 Å². The molecule has 2 aromatic heterocycles. The molecule has 218 valence electrons. The van der Waals surface area contributed by atoms with E-state index in [1.165, 1.54) is 18.5 Å². The maximum absolute atomic E-state index is 13.9. The van der Waals surface area contributed by atoms with E-state index in [4.69, 9.17) is 14.6 Å². The van der Waals surface area contributed by atoms with Gasteiger partial charge in [-0.25, -0.2) is 18.7 Å². The molecule has 2 aromatic carbocycles. The number of anilines is 3. The number of ether oxygens (including phenoxy) is 2. The number of amides is 1. The molecular formula is C28H33F2N7O4. The van der Waals surface area contributed by atoms with Gasteiger partial charge in [0.2, 0.25) is 5.91 Å². The molecular weight excluding hydrogens is 536 g/mol. The van der Waals surface area contributed by atoms with Crippen molar-refractivity contribution < 1.29 is 28.2 Å². The molecule has 11 nitrogen and oxygen atoms in total. The van der Waals surface area contributed by atoms with Crippen LogP contribution in [0.2, 0.25) is 0 Å². The summed E-state index contributed by atoms with van der Waals surface area (Å²) in [5.74, 6) is -0.792. The normalized spacial score (nSPS) is 11.8. The molecule has 0 aliphatic heterocycles. The highest BCUT2D eigenvalue weighted by Crippen LogP contribution is 2.34. The Balaban J connectivity index is 1.38. The largest absolute Gasteiger partial charge is 0.493 e. The minimum absolute atomic E-state index is 0.139. The second-order valence-electron chi connectivity index (χ2n) is 9.25. The van der Waals surface area contributed by atoms with E-state index >= 15 is 0 Å². The van der Waals surface area contributed by atoms with Crippen molar-refractivity contribution in [3.8, 4) is 11.5 Å². The zero-order chi connectivity index (χ0) is 29.2. The number of fused-ring (bicyclic) bond motifs is 1. The number of H-pyrrole nitrogens is 1. The average Bonchev–Trinajstić information content (AvgIpc) is 3.40. The number of hydrogen-bond donors (Lipinski definition) is 5. The van der Waals surface area contributed by atoms with Crippen molar-refractivity contribution >= 4 is 34.1 Å². The number of aliphatic hydroxyl groups is 1. The molecule has 41 heavy (non-hydrogen) atoms. The van der Waals surface area contributed by atoms with Gasteiger partial charge in [0.15, 0.2) is 29.0 Å². The van der Waals surface area contributed by atoms with E-state index in [0.717, 1.165) is 31.9 Å². The zero-order valence-corrected chi connectivity index (χ0v) is 22.8. The molecule has 0 radical (unpaired) electrons. The molecule has 0 fully saturated rings. The predicted molar refractivity (Wildman–Crippen MR) is 151 cm³/mol. The summed E-state index contributed by atoms with van der Waals surface area (Å²) in [6.07, 6.45) is 3.71. The molecule has 0 saturated heterocycles. The molecule has 2 heterocycles. The van der Waals surface area contributed by atoms with E-state index < -0.39 is 17.5 Å². The minimum Gasteiger partial charge on any atom is -0.493 e. The van der Waals surface area contributed by atoms with Crippen LogP contribution in [0.3, 0.4) is 0 Å². The van der Waals surface area contributed by atoms with Crippen molar-refractivity contribution in [1.82, 2.24) is 25.5 Å². The molecule has 0 saturated carbocycles. The van der Waals surface area contributed by atoms with Gasteiger partial charge >= 0.3 is 0 Å². The van der Waals surface area contributed by atoms with E-state index in [2.05, 4.69) is 43.0 Å². The van der Waals surface area contributed by atoms with Gasteiger partial charge in [-0.05, 0) is 44.0 Å². The standard InChI is InChI=1S/C28H33F2N7O4/c1-3-17(8-10-38)31-9-5-11-41-24-15-22-19(14-23(24)40-2)28(33-16-32-22)35-25-12-18(36-37-25)13-26(39)34-21-7-4-6-20(29)27(21)30/h4,6-7,12,14-17,31,38H,3,5,8-11,13H2,1-2H3,(H,34,39)(H2,32,33,35,36,37). The number of aromatic nitrogens is 4. The highest BCUT2D eigenvalue weighted by atomic mass is 19.2. The Morgan fingerprint density at radius 1 is 1.17 bits per heavy atom. The Hall–Kier alpha value is -4.36. The smallest absolute Gasteiger partial charge is 0.230 e. The molecule has 1 atom stereocenters. The molecule has 5 N–H and O–H groups in total. The number of carbonyl (C=O) groups is 1. The quantitative estimate of drug-likeness (QED) is 0.134. The number of hydrogen-bond acceptors (Lipinski definition) is 9. The molecule has 4 rings (SSSR count). The summed E-state index contributed by atoms with van der Waals surface area (Å²) >= 11 is 0. The zero-order valence-electron chi connectivity index (χ0n) is 22.8. The summed E-state index contributed by atoms with van der Waals surface area (Å²) in [6.45, 7) is 3.47. The third kappa shape index (κ3) is 7.86. The molecule has 1 amide bonds. The maximum Gasteiger partial charge on any atom is 0.230 e. The van der Waals surface area contributed by atoms with Gasteiger partial charge in [-0.3, -0.25) is 9.89 Å². The third-order valence-corrected chi connectivity index (χ3v) is 6.36. The summed E-state index contributed by atoms with van der Waals surface area (Å²) in [6, 6.07) is 9.01. The lowest BCUT2D eigenvalue weighted by molar-refractivity contribution is -0.115. The first-order valence-corrected chi connectivity index (χ1v) is 13.3. The first-order valence-electron chi connectivity index (χ1n) is 13.3. The van der Waals surface area contributed by atoms with Crippen molar-refractivity contribution in [2.75, 3.05) is 37.5 Å². The molecule has 0 aliphatic rings. The Labute approximate surface area is 235 Å². The van der Waals surface area contributed by atoms with E-state index in [9.17, 15) is 13.6 Å². The van der Waals surface area contributed by atoms with Crippen LogP contribution in [0.15, 0.2) is 42.7 Å². The van der Waals surface area contributed by atoms with Crippen LogP contribution in [0.5, 0.6) is 11.5 Å². The van der Waals surface area contributed by atoms with E-state index in [0.29, 0.717) is 46.3 Å². The number of halogens is 2. The van der Waals surface area contributed by atoms with E-state index in [1.54, 1.807) is 25.3 Å². The fourth-order valence-corrected chi connectivity index (χ4v) is 4.21. The lowest BCUT2D eigenvalue weighted by atomic mass is 10.1. The minimum atomic E-state index is -1.12. The fraction of sp³-hybridized carbons (Fsp3) is 0.357. The topological polar surface area (TPSA) is 146 Å². The fourth-order valence-electron chi connectivity index (χ4n) is 4.21. The Morgan fingerprint density at radius 3 is 2.80 bits per heavy atom. The Bertz CT molecular complexity index is 1470. The van der Waals surface area contributed by atoms with Gasteiger partial charge in [-0.1, -0.05) is 13.0 Å². The van der Waals surface area contributed by atoms with Crippen LogP contribution in [0, 0.1) is 11.6 Å². The highest BCUT2D eigenvalue weighted by Gasteiger charge is 2.15. The monoisotopic (exact) mass is 569 g/mol. The van der Waals surface area contributed by atoms with Gasteiger partial charge in [-0.15, -0.1) is 0 Å². The SMILES string of the molecule is CCC(CCO)NCCCOc1cc2ncnc(Nc3cc(CC(=O)Nc4cccc(F)c4F)[nH]n3)c2cc1OC. The lowest BCUT2D eigenvalue weighted by Crippen LogP contribution is -2.30. The second-order valence-corrected chi connectivity index (χ2v) is 9.25. The van der Waals surface area contributed by atoms with Crippen LogP contribution < -0.4 is 25.4 Å². The second kappa shape index (κ2) is 14.3. The summed E-state index contributed by atoms with van der Waals surface area (Å²) in [4.78, 5) is 21.0. The molecule has 0 spiro atoms. The van der Waals surface area contributed by atoms with Crippen molar-refractivity contribution in [2.24, 2.45) is 0 Å². The van der Waals surface area contributed by atoms with Gasteiger partial charge in [0.05, 0.1) is 31.3 Å². The van der Waals surface area contributed by atoms with Crippen molar-refractivity contribution in [2.45, 2.75) is 38.6 Å². The summed E-state index contributed by atoms with van der Waals surface area (Å²) in [5.41, 5.74) is 0.833. The van der Waals surface area contributed by atoms with Crippen molar-refractivity contribution in [1.29, 1.82) is 0 Å². The highest BCUT2D eigenvalue weighted by molar-refractivity contribution is 5.93. The number of rotatable bonds is 15. The number of nitrogens with one attached hydrogen (secondary N) is 4. The van der Waals surface area contributed by atoms with Gasteiger partial charge < -0.3 is 30.5 Å². The van der Waals surface area contributed by atoms with E-state index in [-0.39, 0.29) is 24.8 Å². The maximum atomic E-state index is 13.9. The number of carbonyl (C=O) groups excluding carboxylic acids is 1. The number of methoxy groups -OCH3 is 1. The van der Waals surface area contributed by atoms with Gasteiger partial charge in [0.25, 0.3) is 0 Å². The number of benzene rings is 2. The number of aromatic amines is 1. The summed E-state index contributed by atoms with van der Waals surface area (Å²) < 4.78 is 38.8. The third-order valence-electron chi connectivity index (χ3n) is 6.36. The van der Waals surface area contributed by atoms with Crippen LogP contribution in [-0.4, -0.2) is 64.1 Å². The first kappa shape index (κ1) is 29.6. The van der Waals surface area contributed by atoms with Gasteiger partial charge in [-0.2, -0.15) is 5.10 Å². The van der Waals surface area contributed by atoms with Crippen LogP contribution in [0.25, 0.3) is 10.9 Å². The molecule has 0 aliphatic carbocycles.